The van der Waals surface area contributed by atoms with Crippen molar-refractivity contribution < 1.29 is 19.8 Å². The van der Waals surface area contributed by atoms with Gasteiger partial charge >= 0.3 is 5.97 Å². The number of rotatable bonds is 9. The van der Waals surface area contributed by atoms with Crippen LogP contribution in [-0.4, -0.2) is 40.8 Å². The molecule has 1 aliphatic rings. The molecule has 1 amide bonds. The minimum atomic E-state index is -1.12. The Labute approximate surface area is 125 Å². The number of nitrogens with two attached hydrogens (primary N) is 1. The predicted octanol–water partition coefficient (Wildman–Crippen LogP) is 0.504. The fourth-order valence-electron chi connectivity index (χ4n) is 2.39. The highest BCUT2D eigenvalue weighted by Gasteiger charge is 2.31. The van der Waals surface area contributed by atoms with Crippen molar-refractivity contribution in [3.63, 3.8) is 0 Å². The summed E-state index contributed by atoms with van der Waals surface area (Å²) >= 11 is 0. The van der Waals surface area contributed by atoms with Gasteiger partial charge in [0, 0.05) is 0 Å². The molecule has 0 aliphatic heterocycles. The van der Waals surface area contributed by atoms with Crippen LogP contribution in [0.5, 0.6) is 0 Å². The number of aliphatic carboxylic acids is 1. The molecule has 0 aromatic rings. The maximum atomic E-state index is 11.7. The number of aliphatic hydroxyl groups excluding tert-OH is 1. The molecule has 21 heavy (non-hydrogen) atoms. The quantitative estimate of drug-likeness (QED) is 0.463. The van der Waals surface area contributed by atoms with Crippen LogP contribution in [0.25, 0.3) is 0 Å². The number of hydrogen-bond donors (Lipinski definition) is 4. The summed E-state index contributed by atoms with van der Waals surface area (Å²) in [4.78, 5) is 22.2. The van der Waals surface area contributed by atoms with Gasteiger partial charge in [-0.1, -0.05) is 26.0 Å². The molecule has 6 heteroatoms. The van der Waals surface area contributed by atoms with E-state index in [1.807, 2.05) is 6.08 Å². The van der Waals surface area contributed by atoms with Crippen molar-refractivity contribution in [1.82, 2.24) is 5.32 Å². The first kappa shape index (κ1) is 17.7. The number of allylic oxidation sites excluding steroid dienone is 1. The van der Waals surface area contributed by atoms with Crippen LogP contribution in [-0.2, 0) is 9.59 Å². The zero-order valence-electron chi connectivity index (χ0n) is 12.7. The van der Waals surface area contributed by atoms with Crippen molar-refractivity contribution in [1.29, 1.82) is 0 Å². The first-order chi connectivity index (χ1) is 9.85. The molecular formula is C15H26N2O4. The van der Waals surface area contributed by atoms with E-state index >= 15 is 0 Å². The van der Waals surface area contributed by atoms with Gasteiger partial charge in [0.25, 0.3) is 0 Å². The SMILES string of the molecule is CC(C)C(C=CC(CO)NC(=O)[C@@H](N)CC(=O)O)C1CC1. The van der Waals surface area contributed by atoms with E-state index in [-0.39, 0.29) is 6.61 Å². The Balaban J connectivity index is 2.53. The molecular weight excluding hydrogens is 272 g/mol. The first-order valence-corrected chi connectivity index (χ1v) is 7.42. The van der Waals surface area contributed by atoms with Gasteiger partial charge in [0.1, 0.15) is 0 Å². The number of carboxylic acids is 1. The lowest BCUT2D eigenvalue weighted by Gasteiger charge is -2.19. The van der Waals surface area contributed by atoms with E-state index < -0.39 is 30.4 Å². The predicted molar refractivity (Wildman–Crippen MR) is 79.4 cm³/mol. The normalized spacial score (nSPS) is 19.5. The van der Waals surface area contributed by atoms with Crippen molar-refractivity contribution in [2.75, 3.05) is 6.61 Å². The lowest BCUT2D eigenvalue weighted by molar-refractivity contribution is -0.139. The Morgan fingerprint density at radius 2 is 1.95 bits per heavy atom. The molecule has 0 spiro atoms. The third kappa shape index (κ3) is 6.27. The Morgan fingerprint density at radius 3 is 2.38 bits per heavy atom. The number of aliphatic hydroxyl groups is 1. The number of nitrogens with one attached hydrogen (secondary N) is 1. The second-order valence-corrected chi connectivity index (χ2v) is 6.05. The highest BCUT2D eigenvalue weighted by molar-refractivity contribution is 5.86. The average Bonchev–Trinajstić information content (AvgIpc) is 3.20. The smallest absolute Gasteiger partial charge is 0.305 e. The largest absolute Gasteiger partial charge is 0.481 e. The topological polar surface area (TPSA) is 113 Å². The summed E-state index contributed by atoms with van der Waals surface area (Å²) in [7, 11) is 0. The van der Waals surface area contributed by atoms with Crippen molar-refractivity contribution in [2.24, 2.45) is 23.5 Å². The zero-order chi connectivity index (χ0) is 16.0. The summed E-state index contributed by atoms with van der Waals surface area (Å²) in [6, 6.07) is -1.63. The van der Waals surface area contributed by atoms with Crippen LogP contribution in [0.1, 0.15) is 33.1 Å². The van der Waals surface area contributed by atoms with Crippen molar-refractivity contribution in [3.8, 4) is 0 Å². The molecule has 0 bridgehead atoms. The minimum Gasteiger partial charge on any atom is -0.481 e. The lowest BCUT2D eigenvalue weighted by atomic mass is 9.90. The summed E-state index contributed by atoms with van der Waals surface area (Å²) < 4.78 is 0. The Kier molecular flexibility index (Phi) is 6.84. The molecule has 1 saturated carbocycles. The van der Waals surface area contributed by atoms with Gasteiger partial charge in [-0.25, -0.2) is 0 Å². The highest BCUT2D eigenvalue weighted by Crippen LogP contribution is 2.41. The highest BCUT2D eigenvalue weighted by atomic mass is 16.4. The van der Waals surface area contributed by atoms with E-state index in [1.54, 1.807) is 6.08 Å². The molecule has 0 saturated heterocycles. The molecule has 6 nitrogen and oxygen atoms in total. The van der Waals surface area contributed by atoms with Crippen LogP contribution < -0.4 is 11.1 Å². The van der Waals surface area contributed by atoms with E-state index in [2.05, 4.69) is 19.2 Å². The van der Waals surface area contributed by atoms with Crippen LogP contribution in [0.3, 0.4) is 0 Å². The van der Waals surface area contributed by atoms with Gasteiger partial charge in [0.15, 0.2) is 0 Å². The Morgan fingerprint density at radius 1 is 1.33 bits per heavy atom. The van der Waals surface area contributed by atoms with Gasteiger partial charge < -0.3 is 21.3 Å². The van der Waals surface area contributed by atoms with Gasteiger partial charge in [0.2, 0.25) is 5.91 Å². The Hall–Kier alpha value is -1.40. The Bertz CT molecular complexity index is 389. The average molecular weight is 298 g/mol. The molecule has 2 unspecified atom stereocenters. The molecule has 0 radical (unpaired) electrons. The second kappa shape index (κ2) is 8.14. The molecule has 0 aromatic heterocycles. The van der Waals surface area contributed by atoms with Gasteiger partial charge in [0.05, 0.1) is 25.1 Å². The number of hydrogen-bond acceptors (Lipinski definition) is 4. The third-order valence-corrected chi connectivity index (χ3v) is 3.76. The number of carbonyl (C=O) groups is 2. The van der Waals surface area contributed by atoms with Gasteiger partial charge in [-0.05, 0) is 30.6 Å². The maximum absolute atomic E-state index is 11.7. The molecule has 120 valence electrons. The lowest BCUT2D eigenvalue weighted by Crippen LogP contribution is -2.46. The standard InChI is InChI=1S/C15H26N2O4/c1-9(2)12(10-3-4-10)6-5-11(8-18)17-15(21)13(16)7-14(19)20/h5-6,9-13,18H,3-4,7-8,16H2,1-2H3,(H,17,21)(H,19,20)/t11?,12?,13-/m0/s1. The molecule has 1 aliphatic carbocycles. The molecule has 1 fully saturated rings. The van der Waals surface area contributed by atoms with Crippen LogP contribution in [0, 0.1) is 17.8 Å². The third-order valence-electron chi connectivity index (χ3n) is 3.76. The second-order valence-electron chi connectivity index (χ2n) is 6.05. The summed E-state index contributed by atoms with van der Waals surface area (Å²) in [5.74, 6) is -0.0248. The van der Waals surface area contributed by atoms with E-state index in [0.29, 0.717) is 17.8 Å². The van der Waals surface area contributed by atoms with Crippen molar-refractivity contribution >= 4 is 11.9 Å². The molecule has 5 N–H and O–H groups in total. The molecule has 3 atom stereocenters. The number of amides is 1. The molecule has 0 aromatic carbocycles. The fraction of sp³-hybridized carbons (Fsp3) is 0.733. The summed E-state index contributed by atoms with van der Waals surface area (Å²) in [5, 5.41) is 20.5. The molecule has 0 heterocycles. The van der Waals surface area contributed by atoms with Crippen LogP contribution in [0.4, 0.5) is 0 Å². The van der Waals surface area contributed by atoms with Crippen LogP contribution in [0.2, 0.25) is 0 Å². The fourth-order valence-corrected chi connectivity index (χ4v) is 2.39. The van der Waals surface area contributed by atoms with Gasteiger partial charge in [-0.3, -0.25) is 9.59 Å². The van der Waals surface area contributed by atoms with E-state index in [0.717, 1.165) is 0 Å². The van der Waals surface area contributed by atoms with Crippen LogP contribution >= 0.6 is 0 Å². The minimum absolute atomic E-state index is 0.239. The van der Waals surface area contributed by atoms with Crippen molar-refractivity contribution in [3.05, 3.63) is 12.2 Å². The molecule has 1 rings (SSSR count). The van der Waals surface area contributed by atoms with Crippen molar-refractivity contribution in [2.45, 2.75) is 45.2 Å². The summed E-state index contributed by atoms with van der Waals surface area (Å²) in [6.07, 6.45) is 5.87. The van der Waals surface area contributed by atoms with Gasteiger partial charge in [-0.15, -0.1) is 0 Å². The van der Waals surface area contributed by atoms with Crippen LogP contribution in [0.15, 0.2) is 12.2 Å². The van der Waals surface area contributed by atoms with E-state index in [4.69, 9.17) is 10.8 Å². The van der Waals surface area contributed by atoms with Gasteiger partial charge in [-0.2, -0.15) is 0 Å². The first-order valence-electron chi connectivity index (χ1n) is 7.42. The maximum Gasteiger partial charge on any atom is 0.305 e. The summed E-state index contributed by atoms with van der Waals surface area (Å²) in [6.45, 7) is 4.07. The monoisotopic (exact) mass is 298 g/mol. The number of carbonyl (C=O) groups excluding carboxylic acids is 1. The van der Waals surface area contributed by atoms with E-state index in [9.17, 15) is 14.7 Å². The van der Waals surface area contributed by atoms with E-state index in [1.165, 1.54) is 12.8 Å². The number of carboxylic acid groups (broad SMARTS) is 1. The summed E-state index contributed by atoms with van der Waals surface area (Å²) in [5.41, 5.74) is 5.48. The zero-order valence-corrected chi connectivity index (χ0v) is 12.7.